The van der Waals surface area contributed by atoms with E-state index in [1.165, 1.54) is 38.5 Å². The summed E-state index contributed by atoms with van der Waals surface area (Å²) in [5, 5.41) is 8.65. The molecule has 0 radical (unpaired) electrons. The molecule has 0 amide bonds. The van der Waals surface area contributed by atoms with E-state index < -0.39 is 5.97 Å². The van der Waals surface area contributed by atoms with E-state index in [4.69, 9.17) is 5.11 Å². The van der Waals surface area contributed by atoms with Crippen molar-refractivity contribution in [3.8, 4) is 0 Å². The van der Waals surface area contributed by atoms with Crippen molar-refractivity contribution in [1.82, 2.24) is 0 Å². The number of carboxylic acid groups (broad SMARTS) is 1. The third-order valence-electron chi connectivity index (χ3n) is 2.66. The molecule has 0 saturated heterocycles. The molecule has 0 spiro atoms. The standard InChI is InChI=1S/C12H24O2.Zn/c1-3-4-5-6-7-8-9-10-11(2)12(13)14;/h11H,3-10H2,1-2H3,(H,13,14);. The van der Waals surface area contributed by atoms with Gasteiger partial charge in [-0.05, 0) is 6.42 Å². The zero-order valence-corrected chi connectivity index (χ0v) is 13.3. The molecule has 0 aromatic heterocycles. The van der Waals surface area contributed by atoms with Crippen LogP contribution in [0.5, 0.6) is 0 Å². The van der Waals surface area contributed by atoms with E-state index in [1.807, 2.05) is 0 Å². The minimum Gasteiger partial charge on any atom is -0.481 e. The van der Waals surface area contributed by atoms with Gasteiger partial charge in [-0.1, -0.05) is 58.8 Å². The smallest absolute Gasteiger partial charge is 0.306 e. The molecule has 0 saturated carbocycles. The van der Waals surface area contributed by atoms with Crippen molar-refractivity contribution in [3.63, 3.8) is 0 Å². The topological polar surface area (TPSA) is 37.3 Å². The first-order chi connectivity index (χ1) is 6.68. The number of hydrogen-bond donors (Lipinski definition) is 1. The summed E-state index contributed by atoms with van der Waals surface area (Å²) in [4.78, 5) is 10.5. The maximum Gasteiger partial charge on any atom is 0.306 e. The van der Waals surface area contributed by atoms with Crippen LogP contribution >= 0.6 is 0 Å². The molecule has 2 nitrogen and oxygen atoms in total. The molecule has 0 aliphatic rings. The molecule has 86 valence electrons. The van der Waals surface area contributed by atoms with Gasteiger partial charge < -0.3 is 5.11 Å². The number of aliphatic carboxylic acids is 1. The molecule has 0 heterocycles. The van der Waals surface area contributed by atoms with Crippen LogP contribution in [0.4, 0.5) is 0 Å². The van der Waals surface area contributed by atoms with Gasteiger partial charge in [0.05, 0.1) is 5.92 Å². The summed E-state index contributed by atoms with van der Waals surface area (Å²) in [6.07, 6.45) is 9.65. The molecule has 3 heteroatoms. The number of carboxylic acids is 1. The Morgan fingerprint density at radius 3 is 2.00 bits per heavy atom. The first-order valence-corrected chi connectivity index (χ1v) is 5.91. The minimum atomic E-state index is -0.656. The van der Waals surface area contributed by atoms with Gasteiger partial charge in [0.2, 0.25) is 0 Å². The van der Waals surface area contributed by atoms with Crippen LogP contribution in [-0.2, 0) is 24.3 Å². The summed E-state index contributed by atoms with van der Waals surface area (Å²) in [6.45, 7) is 4.01. The molecule has 1 unspecified atom stereocenters. The van der Waals surface area contributed by atoms with Crippen molar-refractivity contribution in [2.45, 2.75) is 65.2 Å². The second-order valence-electron chi connectivity index (χ2n) is 4.15. The first-order valence-electron chi connectivity index (χ1n) is 5.91. The van der Waals surface area contributed by atoms with Gasteiger partial charge in [-0.2, -0.15) is 0 Å². The summed E-state index contributed by atoms with van der Waals surface area (Å²) in [7, 11) is 0. The molecular weight excluding hydrogens is 242 g/mol. The average Bonchev–Trinajstić information content (AvgIpc) is 2.16. The molecule has 0 aromatic carbocycles. The fourth-order valence-electron chi connectivity index (χ4n) is 1.53. The Bertz CT molecular complexity index is 149. The van der Waals surface area contributed by atoms with E-state index >= 15 is 0 Å². The maximum absolute atomic E-state index is 10.5. The normalized spacial score (nSPS) is 11.9. The second-order valence-corrected chi connectivity index (χ2v) is 4.15. The van der Waals surface area contributed by atoms with E-state index in [1.54, 1.807) is 6.92 Å². The number of hydrogen-bond acceptors (Lipinski definition) is 1. The Balaban J connectivity index is 0. The fraction of sp³-hybridized carbons (Fsp3) is 0.917. The summed E-state index contributed by atoms with van der Waals surface area (Å²) in [5.41, 5.74) is 0. The summed E-state index contributed by atoms with van der Waals surface area (Å²) >= 11 is 0. The predicted molar refractivity (Wildman–Crippen MR) is 59.4 cm³/mol. The number of carbonyl (C=O) groups is 1. The summed E-state index contributed by atoms with van der Waals surface area (Å²) < 4.78 is 0. The van der Waals surface area contributed by atoms with Crippen LogP contribution in [0.1, 0.15) is 65.2 Å². The third-order valence-corrected chi connectivity index (χ3v) is 2.66. The molecule has 0 aliphatic carbocycles. The van der Waals surface area contributed by atoms with Crippen LogP contribution in [-0.4, -0.2) is 11.1 Å². The van der Waals surface area contributed by atoms with Gasteiger partial charge in [-0.15, -0.1) is 0 Å². The van der Waals surface area contributed by atoms with Crippen molar-refractivity contribution < 1.29 is 29.4 Å². The Hall–Kier alpha value is 0.0934. The van der Waals surface area contributed by atoms with Gasteiger partial charge in [-0.3, -0.25) is 4.79 Å². The van der Waals surface area contributed by atoms with E-state index in [9.17, 15) is 4.79 Å². The molecular formula is C12H24O2Zn. The Morgan fingerprint density at radius 2 is 1.53 bits per heavy atom. The molecule has 15 heavy (non-hydrogen) atoms. The van der Waals surface area contributed by atoms with Crippen molar-refractivity contribution in [2.75, 3.05) is 0 Å². The maximum atomic E-state index is 10.5. The number of unbranched alkanes of at least 4 members (excludes halogenated alkanes) is 6. The molecule has 1 N–H and O–H groups in total. The second kappa shape index (κ2) is 12.2. The summed E-state index contributed by atoms with van der Waals surface area (Å²) in [6, 6.07) is 0. The predicted octanol–water partition coefficient (Wildman–Crippen LogP) is 3.85. The van der Waals surface area contributed by atoms with Crippen LogP contribution in [0.25, 0.3) is 0 Å². The van der Waals surface area contributed by atoms with E-state index in [-0.39, 0.29) is 25.4 Å². The van der Waals surface area contributed by atoms with Crippen molar-refractivity contribution in [2.24, 2.45) is 5.92 Å². The quantitative estimate of drug-likeness (QED) is 0.508. The van der Waals surface area contributed by atoms with Crippen LogP contribution in [0.15, 0.2) is 0 Å². The summed E-state index contributed by atoms with van der Waals surface area (Å²) in [5.74, 6) is -0.818. The average molecular weight is 266 g/mol. The first kappa shape index (κ1) is 17.5. The van der Waals surface area contributed by atoms with Gasteiger partial charge in [0.25, 0.3) is 0 Å². The zero-order chi connectivity index (χ0) is 10.8. The number of rotatable bonds is 9. The Labute approximate surface area is 107 Å². The van der Waals surface area contributed by atoms with Gasteiger partial charge in [0, 0.05) is 19.5 Å². The van der Waals surface area contributed by atoms with Crippen LogP contribution in [0.3, 0.4) is 0 Å². The van der Waals surface area contributed by atoms with E-state index in [0.29, 0.717) is 0 Å². The zero-order valence-electron chi connectivity index (χ0n) is 10.3. The molecule has 0 fully saturated rings. The third kappa shape index (κ3) is 12.0. The largest absolute Gasteiger partial charge is 0.481 e. The van der Waals surface area contributed by atoms with Crippen molar-refractivity contribution >= 4 is 5.97 Å². The van der Waals surface area contributed by atoms with Crippen molar-refractivity contribution in [3.05, 3.63) is 0 Å². The molecule has 1 atom stereocenters. The minimum absolute atomic E-state index is 0. The molecule has 0 aromatic rings. The van der Waals surface area contributed by atoms with Gasteiger partial charge in [0.15, 0.2) is 0 Å². The van der Waals surface area contributed by atoms with Crippen LogP contribution in [0.2, 0.25) is 0 Å². The SMILES string of the molecule is CCCCCCCCCC(C)C(=O)O.[Zn]. The monoisotopic (exact) mass is 264 g/mol. The Kier molecular flexibility index (Phi) is 14.2. The molecule has 0 rings (SSSR count). The molecule has 0 bridgehead atoms. The Morgan fingerprint density at radius 1 is 1.07 bits per heavy atom. The van der Waals surface area contributed by atoms with Crippen LogP contribution in [0, 0.1) is 5.92 Å². The van der Waals surface area contributed by atoms with E-state index in [0.717, 1.165) is 12.8 Å². The van der Waals surface area contributed by atoms with Gasteiger partial charge in [0.1, 0.15) is 0 Å². The van der Waals surface area contributed by atoms with Gasteiger partial charge >= 0.3 is 5.97 Å². The fourth-order valence-corrected chi connectivity index (χ4v) is 1.53. The van der Waals surface area contributed by atoms with Crippen LogP contribution < -0.4 is 0 Å². The molecule has 0 aliphatic heterocycles. The van der Waals surface area contributed by atoms with Gasteiger partial charge in [-0.25, -0.2) is 0 Å². The van der Waals surface area contributed by atoms with Crippen molar-refractivity contribution in [1.29, 1.82) is 0 Å². The van der Waals surface area contributed by atoms with E-state index in [2.05, 4.69) is 6.92 Å².